The molecule has 0 saturated heterocycles. The molecule has 0 saturated carbocycles. The molecule has 0 atom stereocenters. The van der Waals surface area contributed by atoms with E-state index < -0.39 is 0 Å². The first kappa shape index (κ1) is 16.3. The smallest absolute Gasteiger partial charge is 0.233 e. The molecule has 132 valence electrons. The van der Waals surface area contributed by atoms with Crippen LogP contribution in [0.3, 0.4) is 0 Å². The Labute approximate surface area is 160 Å². The van der Waals surface area contributed by atoms with Gasteiger partial charge in [-0.05, 0) is 42.4 Å². The van der Waals surface area contributed by atoms with Gasteiger partial charge in [0.1, 0.15) is 16.2 Å². The van der Waals surface area contributed by atoms with Crippen molar-refractivity contribution in [1.82, 2.24) is 14.9 Å². The third kappa shape index (κ3) is 2.81. The molecule has 1 aliphatic heterocycles. The molecule has 0 N–H and O–H groups in total. The van der Waals surface area contributed by atoms with Gasteiger partial charge in [-0.2, -0.15) is 0 Å². The Morgan fingerprint density at radius 3 is 2.96 bits per heavy atom. The standard InChI is InChI=1S/C20H19N3OS2/c24-17(23-9-8-13-4-1-2-5-14(13)10-23)11-25-19-18-15-6-3-7-16(15)26-20(18)22-12-21-19/h1-2,4-5,12H,3,6-11H2. The van der Waals surface area contributed by atoms with E-state index in [2.05, 4.69) is 34.2 Å². The molecule has 1 amide bonds. The number of thioether (sulfide) groups is 1. The molecule has 0 bridgehead atoms. The minimum atomic E-state index is 0.197. The number of benzene rings is 1. The number of amides is 1. The molecular formula is C20H19N3OS2. The van der Waals surface area contributed by atoms with E-state index in [0.29, 0.717) is 5.75 Å². The van der Waals surface area contributed by atoms with E-state index >= 15 is 0 Å². The fourth-order valence-electron chi connectivity index (χ4n) is 3.94. The normalized spacial score (nSPS) is 15.9. The Morgan fingerprint density at radius 2 is 2.04 bits per heavy atom. The third-order valence-electron chi connectivity index (χ3n) is 5.28. The third-order valence-corrected chi connectivity index (χ3v) is 7.46. The maximum absolute atomic E-state index is 12.8. The van der Waals surface area contributed by atoms with Crippen molar-refractivity contribution in [3.8, 4) is 0 Å². The topological polar surface area (TPSA) is 46.1 Å². The van der Waals surface area contributed by atoms with Crippen LogP contribution in [0.25, 0.3) is 10.2 Å². The quantitative estimate of drug-likeness (QED) is 0.511. The van der Waals surface area contributed by atoms with Crippen molar-refractivity contribution in [2.45, 2.75) is 37.3 Å². The molecule has 6 heteroatoms. The molecule has 3 heterocycles. The van der Waals surface area contributed by atoms with Gasteiger partial charge in [-0.25, -0.2) is 9.97 Å². The van der Waals surface area contributed by atoms with E-state index in [9.17, 15) is 4.79 Å². The van der Waals surface area contributed by atoms with Crippen LogP contribution < -0.4 is 0 Å². The Balaban J connectivity index is 1.33. The van der Waals surface area contributed by atoms with E-state index in [-0.39, 0.29) is 5.91 Å². The fraction of sp³-hybridized carbons (Fsp3) is 0.350. The van der Waals surface area contributed by atoms with Crippen LogP contribution in [0.2, 0.25) is 0 Å². The van der Waals surface area contributed by atoms with Crippen LogP contribution in [0.5, 0.6) is 0 Å². The van der Waals surface area contributed by atoms with Crippen molar-refractivity contribution in [3.63, 3.8) is 0 Å². The summed E-state index contributed by atoms with van der Waals surface area (Å²) in [5.41, 5.74) is 4.07. The van der Waals surface area contributed by atoms with E-state index in [0.717, 1.165) is 42.2 Å². The van der Waals surface area contributed by atoms with Crippen LogP contribution in [0, 0.1) is 0 Å². The van der Waals surface area contributed by atoms with Crippen molar-refractivity contribution in [2.24, 2.45) is 0 Å². The lowest BCUT2D eigenvalue weighted by Crippen LogP contribution is -2.37. The average Bonchev–Trinajstić information content (AvgIpc) is 3.26. The highest BCUT2D eigenvalue weighted by Crippen LogP contribution is 2.40. The van der Waals surface area contributed by atoms with Crippen molar-refractivity contribution in [1.29, 1.82) is 0 Å². The number of aryl methyl sites for hydroxylation is 2. The van der Waals surface area contributed by atoms with Crippen molar-refractivity contribution < 1.29 is 4.79 Å². The van der Waals surface area contributed by atoms with Crippen LogP contribution in [-0.4, -0.2) is 33.1 Å². The Bertz CT molecular complexity index is 998. The van der Waals surface area contributed by atoms with Crippen molar-refractivity contribution in [2.75, 3.05) is 12.3 Å². The van der Waals surface area contributed by atoms with Gasteiger partial charge < -0.3 is 4.90 Å². The number of carbonyl (C=O) groups excluding carboxylic acids is 1. The molecule has 0 fully saturated rings. The molecule has 2 aliphatic rings. The lowest BCUT2D eigenvalue weighted by atomic mass is 10.00. The molecule has 26 heavy (non-hydrogen) atoms. The second-order valence-electron chi connectivity index (χ2n) is 6.84. The highest BCUT2D eigenvalue weighted by molar-refractivity contribution is 8.00. The SMILES string of the molecule is O=C(CSc1ncnc2sc3c(c12)CCC3)N1CCc2ccccc2C1. The molecule has 2 aromatic heterocycles. The second kappa shape index (κ2) is 6.67. The molecule has 5 rings (SSSR count). The number of rotatable bonds is 3. The summed E-state index contributed by atoms with van der Waals surface area (Å²) in [6.45, 7) is 1.53. The number of hydrogen-bond donors (Lipinski definition) is 0. The summed E-state index contributed by atoms with van der Waals surface area (Å²) < 4.78 is 0. The monoisotopic (exact) mass is 381 g/mol. The van der Waals surface area contributed by atoms with Crippen molar-refractivity contribution in [3.05, 3.63) is 52.2 Å². The summed E-state index contributed by atoms with van der Waals surface area (Å²) in [5.74, 6) is 0.641. The minimum absolute atomic E-state index is 0.197. The Hall–Kier alpha value is -1.92. The predicted octanol–water partition coefficient (Wildman–Crippen LogP) is 3.86. The fourth-order valence-corrected chi connectivity index (χ4v) is 6.16. The number of aromatic nitrogens is 2. The molecule has 3 aromatic rings. The van der Waals surface area contributed by atoms with E-state index in [1.54, 1.807) is 29.4 Å². The molecular weight excluding hydrogens is 362 g/mol. The summed E-state index contributed by atoms with van der Waals surface area (Å²) in [7, 11) is 0. The lowest BCUT2D eigenvalue weighted by Gasteiger charge is -2.28. The van der Waals surface area contributed by atoms with Crippen molar-refractivity contribution >= 4 is 39.2 Å². The lowest BCUT2D eigenvalue weighted by molar-refractivity contribution is -0.129. The van der Waals surface area contributed by atoms with Gasteiger partial charge in [-0.1, -0.05) is 36.0 Å². The van der Waals surface area contributed by atoms with Crippen LogP contribution in [-0.2, 0) is 30.6 Å². The van der Waals surface area contributed by atoms with Gasteiger partial charge in [-0.3, -0.25) is 4.79 Å². The maximum atomic E-state index is 12.8. The van der Waals surface area contributed by atoms with Gasteiger partial charge >= 0.3 is 0 Å². The van der Waals surface area contributed by atoms with Crippen LogP contribution >= 0.6 is 23.1 Å². The highest BCUT2D eigenvalue weighted by Gasteiger charge is 2.23. The zero-order valence-electron chi connectivity index (χ0n) is 14.4. The number of carbonyl (C=O) groups is 1. The summed E-state index contributed by atoms with van der Waals surface area (Å²) in [5, 5.41) is 2.17. The Morgan fingerprint density at radius 1 is 1.15 bits per heavy atom. The highest BCUT2D eigenvalue weighted by atomic mass is 32.2. The largest absolute Gasteiger partial charge is 0.337 e. The van der Waals surface area contributed by atoms with Crippen LogP contribution in [0.15, 0.2) is 35.6 Å². The second-order valence-corrected chi connectivity index (χ2v) is 8.89. The number of hydrogen-bond acceptors (Lipinski definition) is 5. The Kier molecular flexibility index (Phi) is 4.17. The minimum Gasteiger partial charge on any atom is -0.337 e. The molecule has 0 spiro atoms. The summed E-state index contributed by atoms with van der Waals surface area (Å²) in [6, 6.07) is 8.42. The molecule has 0 unspecified atom stereocenters. The average molecular weight is 382 g/mol. The number of thiophene rings is 1. The van der Waals surface area contributed by atoms with Gasteiger partial charge in [0, 0.05) is 23.4 Å². The first-order valence-electron chi connectivity index (χ1n) is 9.02. The number of fused-ring (bicyclic) bond motifs is 4. The van der Waals surface area contributed by atoms with E-state index in [1.807, 2.05) is 4.90 Å². The van der Waals surface area contributed by atoms with Gasteiger partial charge in [0.15, 0.2) is 0 Å². The maximum Gasteiger partial charge on any atom is 0.233 e. The van der Waals surface area contributed by atoms with Crippen LogP contribution in [0.4, 0.5) is 0 Å². The molecule has 1 aromatic carbocycles. The summed E-state index contributed by atoms with van der Waals surface area (Å²) in [6.07, 6.45) is 6.09. The molecule has 1 aliphatic carbocycles. The van der Waals surface area contributed by atoms with Gasteiger partial charge in [0.2, 0.25) is 5.91 Å². The van der Waals surface area contributed by atoms with Gasteiger partial charge in [-0.15, -0.1) is 11.3 Å². The first-order chi connectivity index (χ1) is 12.8. The zero-order valence-corrected chi connectivity index (χ0v) is 16.0. The van der Waals surface area contributed by atoms with E-state index in [1.165, 1.54) is 33.4 Å². The first-order valence-corrected chi connectivity index (χ1v) is 10.8. The summed E-state index contributed by atoms with van der Waals surface area (Å²) >= 11 is 3.36. The van der Waals surface area contributed by atoms with E-state index in [4.69, 9.17) is 0 Å². The van der Waals surface area contributed by atoms with Gasteiger partial charge in [0.25, 0.3) is 0 Å². The van der Waals surface area contributed by atoms with Crippen LogP contribution in [0.1, 0.15) is 28.0 Å². The molecule has 0 radical (unpaired) electrons. The summed E-state index contributed by atoms with van der Waals surface area (Å²) in [4.78, 5) is 26.2. The van der Waals surface area contributed by atoms with Gasteiger partial charge in [0.05, 0.1) is 5.75 Å². The zero-order chi connectivity index (χ0) is 17.5. The number of nitrogens with zero attached hydrogens (tertiary/aromatic N) is 3. The molecule has 4 nitrogen and oxygen atoms in total. The predicted molar refractivity (Wildman–Crippen MR) is 106 cm³/mol.